The van der Waals surface area contributed by atoms with E-state index in [4.69, 9.17) is 0 Å². The molecule has 1 saturated heterocycles. The fraction of sp³-hybridized carbons (Fsp3) is 0.458. The van der Waals surface area contributed by atoms with Crippen molar-refractivity contribution in [2.24, 2.45) is 5.92 Å². The molecule has 1 saturated carbocycles. The molecule has 3 nitrogen and oxygen atoms in total. The highest BCUT2D eigenvalue weighted by molar-refractivity contribution is 6.13. The number of hydrogen-bond acceptors (Lipinski definition) is 2. The lowest BCUT2D eigenvalue weighted by Gasteiger charge is -2.28. The van der Waals surface area contributed by atoms with Crippen LogP contribution in [-0.4, -0.2) is 30.4 Å². The van der Waals surface area contributed by atoms with E-state index < -0.39 is 0 Å². The number of hydrogen-bond donors (Lipinski definition) is 0. The van der Waals surface area contributed by atoms with Crippen molar-refractivity contribution in [3.8, 4) is 0 Å². The average molecular weight is 361 g/mol. The molecule has 140 valence electrons. The number of nitrogens with zero attached hydrogens (tertiary/aromatic N) is 2. The van der Waals surface area contributed by atoms with Crippen LogP contribution in [0.25, 0.3) is 0 Å². The number of likely N-dealkylation sites (tertiary alicyclic amines) is 1. The number of benzene rings is 2. The van der Waals surface area contributed by atoms with Crippen molar-refractivity contribution < 1.29 is 4.79 Å². The molecule has 1 spiro atoms. The summed E-state index contributed by atoms with van der Waals surface area (Å²) in [5.41, 5.74) is 2.93. The van der Waals surface area contributed by atoms with E-state index >= 15 is 0 Å². The lowest BCUT2D eigenvalue weighted by Crippen LogP contribution is -2.41. The molecular formula is C24H28N2O. The Balaban J connectivity index is 1.45. The highest BCUT2D eigenvalue weighted by Crippen LogP contribution is 2.50. The van der Waals surface area contributed by atoms with Gasteiger partial charge in [-0.2, -0.15) is 0 Å². The van der Waals surface area contributed by atoms with Gasteiger partial charge in [0.1, 0.15) is 0 Å². The summed E-state index contributed by atoms with van der Waals surface area (Å²) in [6, 6.07) is 18.6. The van der Waals surface area contributed by atoms with E-state index in [2.05, 4.69) is 29.2 Å². The summed E-state index contributed by atoms with van der Waals surface area (Å²) in [5, 5.41) is 0. The number of rotatable bonds is 3. The Hall–Kier alpha value is -2.13. The Labute approximate surface area is 162 Å². The molecule has 1 unspecified atom stereocenters. The maximum absolute atomic E-state index is 13.7. The van der Waals surface area contributed by atoms with Crippen molar-refractivity contribution in [3.05, 3.63) is 60.2 Å². The topological polar surface area (TPSA) is 23.6 Å². The zero-order chi connectivity index (χ0) is 18.3. The summed E-state index contributed by atoms with van der Waals surface area (Å²) in [5.74, 6) is 1.09. The molecule has 5 rings (SSSR count). The Morgan fingerprint density at radius 1 is 0.926 bits per heavy atom. The SMILES string of the molecule is O=C1N(c2ccccc2)c2ccccc2C12CCN(CC1CCCCC1)C2. The third kappa shape index (κ3) is 2.80. The second-order valence-corrected chi connectivity index (χ2v) is 8.56. The maximum atomic E-state index is 13.7. The first-order valence-corrected chi connectivity index (χ1v) is 10.5. The minimum absolute atomic E-state index is 0.265. The summed E-state index contributed by atoms with van der Waals surface area (Å²) >= 11 is 0. The molecule has 0 N–H and O–H groups in total. The third-order valence-electron chi connectivity index (χ3n) is 6.88. The number of amides is 1. The molecule has 27 heavy (non-hydrogen) atoms. The largest absolute Gasteiger partial charge is 0.302 e. The van der Waals surface area contributed by atoms with Gasteiger partial charge in [0.05, 0.1) is 11.1 Å². The Bertz CT molecular complexity index is 827. The Kier molecular flexibility index (Phi) is 4.28. The number of anilines is 2. The molecule has 1 atom stereocenters. The van der Waals surface area contributed by atoms with Gasteiger partial charge in [-0.25, -0.2) is 0 Å². The zero-order valence-electron chi connectivity index (χ0n) is 15.9. The highest BCUT2D eigenvalue weighted by atomic mass is 16.2. The molecule has 2 heterocycles. The first-order valence-electron chi connectivity index (χ1n) is 10.5. The van der Waals surface area contributed by atoms with Crippen molar-refractivity contribution in [1.29, 1.82) is 0 Å². The summed E-state index contributed by atoms with van der Waals surface area (Å²) in [7, 11) is 0. The van der Waals surface area contributed by atoms with Gasteiger partial charge >= 0.3 is 0 Å². The summed E-state index contributed by atoms with van der Waals surface area (Å²) < 4.78 is 0. The fourth-order valence-electron chi connectivity index (χ4n) is 5.52. The van der Waals surface area contributed by atoms with E-state index in [0.717, 1.165) is 36.8 Å². The predicted molar refractivity (Wildman–Crippen MR) is 109 cm³/mol. The first-order chi connectivity index (χ1) is 13.3. The summed E-state index contributed by atoms with van der Waals surface area (Å²) in [6.45, 7) is 3.09. The molecule has 1 aliphatic carbocycles. The van der Waals surface area contributed by atoms with Gasteiger partial charge in [-0.1, -0.05) is 55.7 Å². The molecule has 1 amide bonds. The van der Waals surface area contributed by atoms with Gasteiger partial charge in [0.25, 0.3) is 0 Å². The summed E-state index contributed by atoms with van der Waals surface area (Å²) in [6.07, 6.45) is 7.84. The van der Waals surface area contributed by atoms with Crippen LogP contribution in [-0.2, 0) is 10.2 Å². The van der Waals surface area contributed by atoms with Crippen molar-refractivity contribution in [2.45, 2.75) is 43.9 Å². The van der Waals surface area contributed by atoms with Crippen LogP contribution in [0.5, 0.6) is 0 Å². The van der Waals surface area contributed by atoms with Crippen molar-refractivity contribution in [1.82, 2.24) is 4.90 Å². The average Bonchev–Trinajstić information content (AvgIpc) is 3.24. The second kappa shape index (κ2) is 6.79. The predicted octanol–water partition coefficient (Wildman–Crippen LogP) is 4.89. The van der Waals surface area contributed by atoms with Crippen LogP contribution in [0.1, 0.15) is 44.1 Å². The Morgan fingerprint density at radius 3 is 2.48 bits per heavy atom. The van der Waals surface area contributed by atoms with E-state index in [0.29, 0.717) is 0 Å². The molecule has 2 aliphatic heterocycles. The van der Waals surface area contributed by atoms with E-state index in [1.165, 1.54) is 44.2 Å². The molecule has 0 bridgehead atoms. The minimum Gasteiger partial charge on any atom is -0.302 e. The molecule has 0 aromatic heterocycles. The molecule has 3 aliphatic rings. The molecule has 2 aromatic rings. The maximum Gasteiger partial charge on any atom is 0.243 e. The van der Waals surface area contributed by atoms with Crippen LogP contribution in [0.4, 0.5) is 11.4 Å². The van der Waals surface area contributed by atoms with Gasteiger partial charge in [-0.3, -0.25) is 9.69 Å². The first kappa shape index (κ1) is 17.0. The van der Waals surface area contributed by atoms with Gasteiger partial charge in [0.2, 0.25) is 5.91 Å². The smallest absolute Gasteiger partial charge is 0.243 e. The molecule has 3 heteroatoms. The lowest BCUT2D eigenvalue weighted by atomic mass is 9.81. The van der Waals surface area contributed by atoms with Gasteiger partial charge < -0.3 is 4.90 Å². The monoisotopic (exact) mass is 360 g/mol. The van der Waals surface area contributed by atoms with Crippen molar-refractivity contribution in [3.63, 3.8) is 0 Å². The van der Waals surface area contributed by atoms with Crippen molar-refractivity contribution >= 4 is 17.3 Å². The van der Waals surface area contributed by atoms with Crippen molar-refractivity contribution in [2.75, 3.05) is 24.5 Å². The minimum atomic E-state index is -0.360. The number of para-hydroxylation sites is 2. The van der Waals surface area contributed by atoms with Crippen LogP contribution >= 0.6 is 0 Å². The van der Waals surface area contributed by atoms with Crippen LogP contribution in [0.2, 0.25) is 0 Å². The fourth-order valence-corrected chi connectivity index (χ4v) is 5.52. The number of carbonyl (C=O) groups excluding carboxylic acids is 1. The van der Waals surface area contributed by atoms with Crippen LogP contribution < -0.4 is 4.90 Å². The second-order valence-electron chi connectivity index (χ2n) is 8.56. The van der Waals surface area contributed by atoms with Crippen LogP contribution in [0.15, 0.2) is 54.6 Å². The van der Waals surface area contributed by atoms with E-state index in [9.17, 15) is 4.79 Å². The van der Waals surface area contributed by atoms with E-state index in [1.807, 2.05) is 35.2 Å². The lowest BCUT2D eigenvalue weighted by molar-refractivity contribution is -0.122. The number of carbonyl (C=O) groups is 1. The van der Waals surface area contributed by atoms with E-state index in [1.54, 1.807) is 0 Å². The van der Waals surface area contributed by atoms with E-state index in [-0.39, 0.29) is 11.3 Å². The normalized spacial score (nSPS) is 26.1. The highest BCUT2D eigenvalue weighted by Gasteiger charge is 2.54. The van der Waals surface area contributed by atoms with Gasteiger partial charge in [0.15, 0.2) is 0 Å². The molecule has 2 aromatic carbocycles. The Morgan fingerprint density at radius 2 is 1.67 bits per heavy atom. The van der Waals surface area contributed by atoms with Gasteiger partial charge in [0, 0.05) is 18.8 Å². The zero-order valence-corrected chi connectivity index (χ0v) is 15.9. The van der Waals surface area contributed by atoms with Gasteiger partial charge in [-0.15, -0.1) is 0 Å². The molecule has 0 radical (unpaired) electrons. The standard InChI is InChI=1S/C24H28N2O/c27-23-24(15-16-25(18-24)17-19-9-3-1-4-10-19)21-13-7-8-14-22(21)26(23)20-11-5-2-6-12-20/h2,5-8,11-14,19H,1,3-4,9-10,15-18H2. The molecular weight excluding hydrogens is 332 g/mol. The van der Waals surface area contributed by atoms with Crippen LogP contribution in [0.3, 0.4) is 0 Å². The summed E-state index contributed by atoms with van der Waals surface area (Å²) in [4.78, 5) is 18.3. The number of fused-ring (bicyclic) bond motifs is 2. The van der Waals surface area contributed by atoms with Gasteiger partial charge in [-0.05, 0) is 55.5 Å². The molecule has 2 fully saturated rings. The third-order valence-corrected chi connectivity index (χ3v) is 6.88. The quantitative estimate of drug-likeness (QED) is 0.778. The van der Waals surface area contributed by atoms with Crippen LogP contribution in [0, 0.1) is 5.92 Å².